The molecule has 4 aromatic rings. The summed E-state index contributed by atoms with van der Waals surface area (Å²) in [7, 11) is -4.04. The third-order valence-electron chi connectivity index (χ3n) is 8.16. The molecule has 0 amide bonds. The van der Waals surface area contributed by atoms with Crippen molar-refractivity contribution >= 4 is 49.1 Å². The molecule has 11 nitrogen and oxygen atoms in total. The lowest BCUT2D eigenvalue weighted by molar-refractivity contribution is 0.150. The summed E-state index contributed by atoms with van der Waals surface area (Å²) in [5, 5.41) is 18.2. The molecule has 1 aliphatic heterocycles. The van der Waals surface area contributed by atoms with Gasteiger partial charge in [0, 0.05) is 37.6 Å². The van der Waals surface area contributed by atoms with Gasteiger partial charge in [-0.25, -0.2) is 27.2 Å². The standard InChI is InChI=1S/C26H27F2N9O2S2/c1-15-11-36(9-8-35(15)12-16-2-3-16)22-20-18-5-4-17(41(38,39)34-26(13-29)6-7-26)10-19(18)37(23(20)31-14-30-22)25-33-32-24(40-25)21(27)28/h4-5,10,14-16,21,34H,2-3,6-9,11-12H2,1H3/t15-/m0/s1. The molecule has 3 fully saturated rings. The first kappa shape index (κ1) is 26.6. The van der Waals surface area contributed by atoms with Crippen LogP contribution >= 0.6 is 11.3 Å². The molecule has 214 valence electrons. The van der Waals surface area contributed by atoms with Crippen LogP contribution in [0.2, 0.25) is 0 Å². The fourth-order valence-electron chi connectivity index (χ4n) is 5.57. The minimum atomic E-state index is -4.04. The number of hydrogen-bond donors (Lipinski definition) is 1. The van der Waals surface area contributed by atoms with Crippen molar-refractivity contribution < 1.29 is 17.2 Å². The normalized spacial score (nSPS) is 21.1. The first-order chi connectivity index (χ1) is 19.7. The Kier molecular flexibility index (Phi) is 6.23. The van der Waals surface area contributed by atoms with Crippen LogP contribution in [0.5, 0.6) is 0 Å². The number of piperazine rings is 1. The zero-order chi connectivity index (χ0) is 28.5. The van der Waals surface area contributed by atoms with Crippen molar-refractivity contribution in [2.24, 2.45) is 5.92 Å². The Morgan fingerprint density at radius 2 is 2.02 bits per heavy atom. The van der Waals surface area contributed by atoms with Crippen molar-refractivity contribution in [1.82, 2.24) is 34.4 Å². The van der Waals surface area contributed by atoms with E-state index < -0.39 is 27.0 Å². The molecule has 2 saturated carbocycles. The zero-order valence-corrected chi connectivity index (χ0v) is 23.8. The maximum Gasteiger partial charge on any atom is 0.291 e. The topological polar surface area (TPSA) is 133 Å². The van der Waals surface area contributed by atoms with E-state index in [2.05, 4.69) is 41.6 Å². The summed E-state index contributed by atoms with van der Waals surface area (Å²) in [5.41, 5.74) is -0.250. The van der Waals surface area contributed by atoms with Crippen LogP contribution in [0, 0.1) is 17.2 Å². The average Bonchev–Trinajstić information content (AvgIpc) is 3.85. The number of nitrogens with zero attached hydrogens (tertiary/aromatic N) is 8. The highest BCUT2D eigenvalue weighted by Gasteiger charge is 2.47. The van der Waals surface area contributed by atoms with Crippen molar-refractivity contribution in [3.05, 3.63) is 29.5 Å². The summed E-state index contributed by atoms with van der Waals surface area (Å²) >= 11 is 0.721. The summed E-state index contributed by atoms with van der Waals surface area (Å²) in [6.45, 7) is 5.73. The lowest BCUT2D eigenvalue weighted by Crippen LogP contribution is -2.52. The predicted octanol–water partition coefficient (Wildman–Crippen LogP) is 3.62. The molecule has 1 atom stereocenters. The fourth-order valence-corrected chi connectivity index (χ4v) is 7.69. The largest absolute Gasteiger partial charge is 0.353 e. The number of rotatable bonds is 8. The zero-order valence-electron chi connectivity index (χ0n) is 22.2. The van der Waals surface area contributed by atoms with Crippen LogP contribution in [0.3, 0.4) is 0 Å². The van der Waals surface area contributed by atoms with Crippen LogP contribution in [0.15, 0.2) is 29.4 Å². The fraction of sp³-hybridized carbons (Fsp3) is 0.500. The minimum absolute atomic E-state index is 0.0500. The van der Waals surface area contributed by atoms with Crippen molar-refractivity contribution in [2.75, 3.05) is 31.1 Å². The summed E-state index contributed by atoms with van der Waals surface area (Å²) < 4.78 is 57.6. The van der Waals surface area contributed by atoms with Crippen LogP contribution in [-0.2, 0) is 10.0 Å². The summed E-state index contributed by atoms with van der Waals surface area (Å²) in [4.78, 5) is 13.9. The van der Waals surface area contributed by atoms with Crippen LogP contribution in [0.4, 0.5) is 14.6 Å². The number of fused-ring (bicyclic) bond motifs is 3. The molecule has 1 N–H and O–H groups in total. The molecule has 0 spiro atoms. The van der Waals surface area contributed by atoms with E-state index >= 15 is 0 Å². The second kappa shape index (κ2) is 9.62. The van der Waals surface area contributed by atoms with E-state index in [-0.39, 0.29) is 10.0 Å². The molecule has 3 aliphatic rings. The third-order valence-corrected chi connectivity index (χ3v) is 10.6. The van der Waals surface area contributed by atoms with Crippen molar-refractivity contribution in [3.8, 4) is 11.2 Å². The summed E-state index contributed by atoms with van der Waals surface area (Å²) in [5.74, 6) is 1.49. The molecule has 2 aliphatic carbocycles. The minimum Gasteiger partial charge on any atom is -0.353 e. The van der Waals surface area contributed by atoms with Gasteiger partial charge < -0.3 is 4.90 Å². The average molecular weight is 600 g/mol. The smallest absolute Gasteiger partial charge is 0.291 e. The first-order valence-corrected chi connectivity index (χ1v) is 15.8. The molecule has 1 saturated heterocycles. The van der Waals surface area contributed by atoms with Gasteiger partial charge >= 0.3 is 0 Å². The Morgan fingerprint density at radius 1 is 1.22 bits per heavy atom. The van der Waals surface area contributed by atoms with Gasteiger partial charge in [-0.15, -0.1) is 10.2 Å². The van der Waals surface area contributed by atoms with Crippen LogP contribution < -0.4 is 9.62 Å². The second-order valence-electron chi connectivity index (χ2n) is 11.2. The molecule has 7 rings (SSSR count). The number of benzene rings is 1. The Hall–Kier alpha value is -3.32. The molecule has 1 aromatic carbocycles. The van der Waals surface area contributed by atoms with Crippen molar-refractivity contribution in [2.45, 2.75) is 55.5 Å². The number of anilines is 1. The molecule has 15 heteroatoms. The molecule has 3 aromatic heterocycles. The number of nitriles is 1. The van der Waals surface area contributed by atoms with Gasteiger partial charge in [0.05, 0.1) is 21.9 Å². The number of hydrogen-bond acceptors (Lipinski definition) is 10. The van der Waals surface area contributed by atoms with Gasteiger partial charge in [0.1, 0.15) is 17.7 Å². The maximum atomic E-state index is 13.5. The highest BCUT2D eigenvalue weighted by atomic mass is 32.2. The van der Waals surface area contributed by atoms with E-state index in [1.165, 1.54) is 31.3 Å². The number of halogens is 2. The number of nitrogens with one attached hydrogen (secondary N) is 1. The Morgan fingerprint density at radius 3 is 2.68 bits per heavy atom. The highest BCUT2D eigenvalue weighted by Crippen LogP contribution is 2.40. The molecule has 41 heavy (non-hydrogen) atoms. The summed E-state index contributed by atoms with van der Waals surface area (Å²) in [6, 6.07) is 7.00. The molecule has 0 radical (unpaired) electrons. The van der Waals surface area contributed by atoms with Gasteiger partial charge in [-0.05, 0) is 50.7 Å². The van der Waals surface area contributed by atoms with Gasteiger partial charge in [-0.2, -0.15) is 9.98 Å². The first-order valence-electron chi connectivity index (χ1n) is 13.5. The molecular weight excluding hydrogens is 572 g/mol. The van der Waals surface area contributed by atoms with E-state index in [0.29, 0.717) is 46.6 Å². The predicted molar refractivity (Wildman–Crippen MR) is 149 cm³/mol. The Balaban J connectivity index is 1.36. The summed E-state index contributed by atoms with van der Waals surface area (Å²) in [6.07, 6.45) is 2.11. The monoisotopic (exact) mass is 599 g/mol. The van der Waals surface area contributed by atoms with E-state index in [1.54, 1.807) is 10.6 Å². The molecular formula is C26H27F2N9O2S2. The van der Waals surface area contributed by atoms with Gasteiger partial charge in [-0.3, -0.25) is 9.47 Å². The SMILES string of the molecule is C[C@H]1CN(c2ncnc3c2c2ccc(S(=O)(=O)NC4(C#N)CC4)cc2n3-c2nnc(C(F)F)s2)CCN1CC1CC1. The lowest BCUT2D eigenvalue weighted by Gasteiger charge is -2.40. The van der Waals surface area contributed by atoms with Crippen LogP contribution in [0.1, 0.15) is 44.0 Å². The Labute approximate surface area is 238 Å². The van der Waals surface area contributed by atoms with E-state index in [0.717, 1.165) is 43.4 Å². The van der Waals surface area contributed by atoms with E-state index in [4.69, 9.17) is 0 Å². The number of alkyl halides is 2. The van der Waals surface area contributed by atoms with Crippen LogP contribution in [0.25, 0.3) is 27.1 Å². The van der Waals surface area contributed by atoms with E-state index in [1.807, 2.05) is 6.07 Å². The van der Waals surface area contributed by atoms with Gasteiger partial charge in [-0.1, -0.05) is 17.4 Å². The molecule has 4 heterocycles. The van der Waals surface area contributed by atoms with Gasteiger partial charge in [0.15, 0.2) is 10.7 Å². The second-order valence-corrected chi connectivity index (χ2v) is 13.8. The third kappa shape index (κ3) is 4.72. The van der Waals surface area contributed by atoms with E-state index in [9.17, 15) is 22.5 Å². The maximum absolute atomic E-state index is 13.5. The van der Waals surface area contributed by atoms with Crippen molar-refractivity contribution in [1.29, 1.82) is 5.26 Å². The molecule has 0 bridgehead atoms. The highest BCUT2D eigenvalue weighted by molar-refractivity contribution is 7.89. The lowest BCUT2D eigenvalue weighted by atomic mass is 10.1. The van der Waals surface area contributed by atoms with Gasteiger partial charge in [0.25, 0.3) is 6.43 Å². The van der Waals surface area contributed by atoms with Gasteiger partial charge in [0.2, 0.25) is 15.2 Å². The Bertz CT molecular complexity index is 1810. The molecule has 0 unspecified atom stereocenters. The van der Waals surface area contributed by atoms with Crippen molar-refractivity contribution in [3.63, 3.8) is 0 Å². The number of aromatic nitrogens is 5. The van der Waals surface area contributed by atoms with Crippen LogP contribution in [-0.4, -0.2) is 75.8 Å². The number of sulfonamides is 1. The quantitative estimate of drug-likeness (QED) is 0.322.